The average Bonchev–Trinajstić information content (AvgIpc) is 2.53. The molecule has 0 aromatic heterocycles. The Balaban J connectivity index is 4.13. The Morgan fingerprint density at radius 1 is 0.833 bits per heavy atom. The molecule has 0 heterocycles. The molecule has 0 fully saturated rings. The summed E-state index contributed by atoms with van der Waals surface area (Å²) in [5.74, 6) is 0. The second-order valence-electron chi connectivity index (χ2n) is 7.91. The van der Waals surface area contributed by atoms with Gasteiger partial charge >= 0.3 is 0 Å². The first-order valence-electron chi connectivity index (χ1n) is 9.87. The van der Waals surface area contributed by atoms with Crippen LogP contribution in [0.3, 0.4) is 0 Å². The van der Waals surface area contributed by atoms with E-state index in [4.69, 9.17) is 0 Å². The van der Waals surface area contributed by atoms with Gasteiger partial charge in [0.05, 0.1) is 6.10 Å². The van der Waals surface area contributed by atoms with E-state index in [-0.39, 0.29) is 11.5 Å². The minimum absolute atomic E-state index is 0.0763. The Morgan fingerprint density at radius 2 is 1.29 bits per heavy atom. The molecule has 1 heteroatoms. The Bertz CT molecular complexity index is 417. The number of aliphatic hydroxyl groups is 1. The molecule has 0 aliphatic rings. The summed E-state index contributed by atoms with van der Waals surface area (Å²) in [6.45, 7) is 15.3. The molecule has 0 bridgehead atoms. The fraction of sp³-hybridized carbons (Fsp3) is 0.739. The standard InChI is InChI=1S/C23H42O/c1-8-23(7,9-2)22(24)18-12-17-21(6)16-11-15-20(5)14-10-13-19(3)4/h13,15,17,22,24H,8-12,14,16,18H2,1-7H3/b20-15+,21-17+. The zero-order chi connectivity index (χ0) is 18.6. The summed E-state index contributed by atoms with van der Waals surface area (Å²) in [7, 11) is 0. The highest BCUT2D eigenvalue weighted by Crippen LogP contribution is 2.32. The van der Waals surface area contributed by atoms with E-state index in [1.54, 1.807) is 0 Å². The highest BCUT2D eigenvalue weighted by Gasteiger charge is 2.28. The third-order valence-electron chi connectivity index (χ3n) is 5.48. The second kappa shape index (κ2) is 12.5. The third-order valence-corrected chi connectivity index (χ3v) is 5.48. The normalized spacial score (nSPS) is 14.7. The smallest absolute Gasteiger partial charge is 0.0596 e. The maximum atomic E-state index is 10.4. The largest absolute Gasteiger partial charge is 0.393 e. The van der Waals surface area contributed by atoms with Gasteiger partial charge in [0, 0.05) is 0 Å². The SMILES string of the molecule is CCC(C)(CC)C(O)CC/C=C(\C)CC/C=C(\C)CCC=C(C)C. The van der Waals surface area contributed by atoms with Crippen LogP contribution in [0.15, 0.2) is 34.9 Å². The van der Waals surface area contributed by atoms with Gasteiger partial charge in [-0.1, -0.05) is 55.7 Å². The number of rotatable bonds is 12. The summed E-state index contributed by atoms with van der Waals surface area (Å²) < 4.78 is 0. The Kier molecular flexibility index (Phi) is 12.1. The van der Waals surface area contributed by atoms with Crippen molar-refractivity contribution in [3.8, 4) is 0 Å². The van der Waals surface area contributed by atoms with Crippen LogP contribution < -0.4 is 0 Å². The number of aliphatic hydroxyl groups excluding tert-OH is 1. The lowest BCUT2D eigenvalue weighted by Crippen LogP contribution is -2.30. The van der Waals surface area contributed by atoms with Gasteiger partial charge in [-0.3, -0.25) is 0 Å². The van der Waals surface area contributed by atoms with Gasteiger partial charge in [-0.05, 0) is 84.5 Å². The lowest BCUT2D eigenvalue weighted by atomic mass is 9.77. The van der Waals surface area contributed by atoms with Gasteiger partial charge in [0.1, 0.15) is 0 Å². The predicted octanol–water partition coefficient (Wildman–Crippen LogP) is 7.37. The molecule has 24 heavy (non-hydrogen) atoms. The van der Waals surface area contributed by atoms with Crippen LogP contribution in [0, 0.1) is 5.41 Å². The maximum Gasteiger partial charge on any atom is 0.0596 e. The van der Waals surface area contributed by atoms with Crippen LogP contribution in [0.2, 0.25) is 0 Å². The van der Waals surface area contributed by atoms with Crippen molar-refractivity contribution < 1.29 is 5.11 Å². The van der Waals surface area contributed by atoms with E-state index in [0.717, 1.165) is 44.9 Å². The maximum absolute atomic E-state index is 10.4. The van der Waals surface area contributed by atoms with E-state index in [9.17, 15) is 5.11 Å². The van der Waals surface area contributed by atoms with Gasteiger partial charge in [0.25, 0.3) is 0 Å². The summed E-state index contributed by atoms with van der Waals surface area (Å²) in [5.41, 5.74) is 4.43. The summed E-state index contributed by atoms with van der Waals surface area (Å²) in [5, 5.41) is 10.4. The van der Waals surface area contributed by atoms with E-state index in [1.165, 1.54) is 23.1 Å². The highest BCUT2D eigenvalue weighted by atomic mass is 16.3. The monoisotopic (exact) mass is 334 g/mol. The number of allylic oxidation sites excluding steroid dienone is 6. The molecule has 0 saturated carbocycles. The molecule has 1 atom stereocenters. The van der Waals surface area contributed by atoms with Crippen LogP contribution in [-0.4, -0.2) is 11.2 Å². The molecular formula is C23H42O. The van der Waals surface area contributed by atoms with Crippen molar-refractivity contribution in [2.45, 2.75) is 106 Å². The van der Waals surface area contributed by atoms with Crippen molar-refractivity contribution in [3.05, 3.63) is 34.9 Å². The number of hydrogen-bond donors (Lipinski definition) is 1. The summed E-state index contributed by atoms with van der Waals surface area (Å²) in [6, 6.07) is 0. The minimum Gasteiger partial charge on any atom is -0.393 e. The van der Waals surface area contributed by atoms with Crippen LogP contribution >= 0.6 is 0 Å². The van der Waals surface area contributed by atoms with Gasteiger partial charge in [-0.2, -0.15) is 0 Å². The fourth-order valence-electron chi connectivity index (χ4n) is 2.90. The molecule has 1 unspecified atom stereocenters. The first kappa shape index (κ1) is 23.2. The summed E-state index contributed by atoms with van der Waals surface area (Å²) >= 11 is 0. The molecule has 1 nitrogen and oxygen atoms in total. The average molecular weight is 335 g/mol. The van der Waals surface area contributed by atoms with Crippen molar-refractivity contribution in [2.24, 2.45) is 5.41 Å². The highest BCUT2D eigenvalue weighted by molar-refractivity contribution is 5.05. The second-order valence-corrected chi connectivity index (χ2v) is 7.91. The molecule has 0 aliphatic carbocycles. The number of hydrogen-bond acceptors (Lipinski definition) is 1. The lowest BCUT2D eigenvalue weighted by molar-refractivity contribution is 0.0254. The predicted molar refractivity (Wildman–Crippen MR) is 109 cm³/mol. The molecule has 1 N–H and O–H groups in total. The van der Waals surface area contributed by atoms with Crippen molar-refractivity contribution >= 4 is 0 Å². The lowest BCUT2D eigenvalue weighted by Gasteiger charge is -2.32. The van der Waals surface area contributed by atoms with Crippen molar-refractivity contribution in [2.75, 3.05) is 0 Å². The van der Waals surface area contributed by atoms with Gasteiger partial charge < -0.3 is 5.11 Å². The van der Waals surface area contributed by atoms with Gasteiger partial charge in [-0.25, -0.2) is 0 Å². The third kappa shape index (κ3) is 10.1. The molecule has 0 saturated heterocycles. The van der Waals surface area contributed by atoms with Crippen molar-refractivity contribution in [1.29, 1.82) is 0 Å². The molecule has 0 rings (SSSR count). The van der Waals surface area contributed by atoms with E-state index < -0.39 is 0 Å². The van der Waals surface area contributed by atoms with Crippen LogP contribution in [0.4, 0.5) is 0 Å². The van der Waals surface area contributed by atoms with Gasteiger partial charge in [-0.15, -0.1) is 0 Å². The quantitative estimate of drug-likeness (QED) is 0.369. The van der Waals surface area contributed by atoms with Gasteiger partial charge in [0.15, 0.2) is 0 Å². The Morgan fingerprint density at radius 3 is 1.75 bits per heavy atom. The van der Waals surface area contributed by atoms with Gasteiger partial charge in [0.2, 0.25) is 0 Å². The zero-order valence-corrected chi connectivity index (χ0v) is 17.4. The van der Waals surface area contributed by atoms with Crippen LogP contribution in [-0.2, 0) is 0 Å². The topological polar surface area (TPSA) is 20.2 Å². The Hall–Kier alpha value is -0.820. The Labute approximate surface area is 151 Å². The van der Waals surface area contributed by atoms with E-state index in [1.807, 2.05) is 0 Å². The summed E-state index contributed by atoms with van der Waals surface area (Å²) in [6.07, 6.45) is 15.4. The van der Waals surface area contributed by atoms with E-state index >= 15 is 0 Å². The molecule has 0 aromatic rings. The van der Waals surface area contributed by atoms with Crippen LogP contribution in [0.5, 0.6) is 0 Å². The van der Waals surface area contributed by atoms with E-state index in [0.29, 0.717) is 0 Å². The first-order valence-corrected chi connectivity index (χ1v) is 9.87. The molecule has 0 radical (unpaired) electrons. The first-order chi connectivity index (χ1) is 11.2. The van der Waals surface area contributed by atoms with Crippen LogP contribution in [0.25, 0.3) is 0 Å². The zero-order valence-electron chi connectivity index (χ0n) is 17.4. The molecule has 0 spiro atoms. The van der Waals surface area contributed by atoms with Crippen LogP contribution in [0.1, 0.15) is 99.8 Å². The minimum atomic E-state index is -0.186. The van der Waals surface area contributed by atoms with E-state index in [2.05, 4.69) is 66.7 Å². The molecule has 140 valence electrons. The molecular weight excluding hydrogens is 292 g/mol. The molecule has 0 aliphatic heterocycles. The fourth-order valence-corrected chi connectivity index (χ4v) is 2.90. The molecule has 0 amide bonds. The van der Waals surface area contributed by atoms with Crippen molar-refractivity contribution in [3.63, 3.8) is 0 Å². The van der Waals surface area contributed by atoms with Crippen molar-refractivity contribution in [1.82, 2.24) is 0 Å². The molecule has 0 aromatic carbocycles. The summed E-state index contributed by atoms with van der Waals surface area (Å²) in [4.78, 5) is 0.